The van der Waals surface area contributed by atoms with Crippen LogP contribution in [0.2, 0.25) is 0 Å². The van der Waals surface area contributed by atoms with E-state index >= 15 is 0 Å². The van der Waals surface area contributed by atoms with Gasteiger partial charge in [-0.05, 0) is 6.92 Å². The second-order valence-electron chi connectivity index (χ2n) is 4.18. The first-order chi connectivity index (χ1) is 9.31. The number of ether oxygens (including phenoxy) is 1. The number of nitrogens with zero attached hydrogens (tertiary/aromatic N) is 2. The average molecular weight is 274 g/mol. The molecule has 1 aromatic heterocycles. The van der Waals surface area contributed by atoms with Crippen LogP contribution in [0.4, 0.5) is 0 Å². The molecule has 2 heterocycles. The summed E-state index contributed by atoms with van der Waals surface area (Å²) in [6.07, 6.45) is 0. The molecule has 0 aliphatic carbocycles. The highest BCUT2D eigenvalue weighted by Crippen LogP contribution is 2.33. The summed E-state index contributed by atoms with van der Waals surface area (Å²) in [5, 5.41) is 0.905. The summed E-state index contributed by atoms with van der Waals surface area (Å²) in [5.74, 6) is 0.673. The summed E-state index contributed by atoms with van der Waals surface area (Å²) in [5.41, 5.74) is 2.25. The van der Waals surface area contributed by atoms with E-state index in [1.165, 1.54) is 0 Å². The molecular formula is C14H14N2O2S. The molecule has 0 amide bonds. The maximum Gasteiger partial charge on any atom is 0.357 e. The van der Waals surface area contributed by atoms with Crippen molar-refractivity contribution in [1.82, 2.24) is 9.55 Å². The Bertz CT molecular complexity index is 607. The topological polar surface area (TPSA) is 44.1 Å². The lowest BCUT2D eigenvalue weighted by Gasteiger charge is -2.06. The Morgan fingerprint density at radius 2 is 2.21 bits per heavy atom. The number of fused-ring (bicyclic) bond motifs is 1. The van der Waals surface area contributed by atoms with Gasteiger partial charge < -0.3 is 9.30 Å². The van der Waals surface area contributed by atoms with Crippen molar-refractivity contribution < 1.29 is 9.53 Å². The van der Waals surface area contributed by atoms with Gasteiger partial charge in [0.05, 0.1) is 6.61 Å². The number of imidazole rings is 1. The second-order valence-corrected chi connectivity index (χ2v) is 5.24. The van der Waals surface area contributed by atoms with E-state index in [0.717, 1.165) is 28.7 Å². The van der Waals surface area contributed by atoms with Crippen molar-refractivity contribution in [2.45, 2.75) is 18.6 Å². The third-order valence-electron chi connectivity index (χ3n) is 2.99. The Balaban J connectivity index is 2.12. The predicted octanol–water partition coefficient (Wildman–Crippen LogP) is 2.83. The van der Waals surface area contributed by atoms with Crippen molar-refractivity contribution in [2.24, 2.45) is 0 Å². The molecule has 0 N–H and O–H groups in total. The van der Waals surface area contributed by atoms with E-state index in [1.807, 2.05) is 41.8 Å². The number of hydrogen-bond donors (Lipinski definition) is 0. The molecule has 1 aliphatic heterocycles. The minimum absolute atomic E-state index is 0.289. The quantitative estimate of drug-likeness (QED) is 0.807. The van der Waals surface area contributed by atoms with Gasteiger partial charge in [0.2, 0.25) is 0 Å². The van der Waals surface area contributed by atoms with Gasteiger partial charge in [0.15, 0.2) is 10.9 Å². The minimum atomic E-state index is -0.289. The van der Waals surface area contributed by atoms with Crippen molar-refractivity contribution in [3.05, 3.63) is 36.0 Å². The molecule has 0 atom stereocenters. The maximum absolute atomic E-state index is 12.2. The van der Waals surface area contributed by atoms with Gasteiger partial charge in [-0.2, -0.15) is 0 Å². The molecule has 0 unspecified atom stereocenters. The molecule has 5 heteroatoms. The van der Waals surface area contributed by atoms with E-state index < -0.39 is 0 Å². The smallest absolute Gasteiger partial charge is 0.357 e. The monoisotopic (exact) mass is 274 g/mol. The summed E-state index contributed by atoms with van der Waals surface area (Å²) in [6, 6.07) is 9.77. The second kappa shape index (κ2) is 5.09. The SMILES string of the molecule is CCOC(=O)c1c(-c2ccccc2)nc2n1CCS2. The minimum Gasteiger partial charge on any atom is -0.461 e. The van der Waals surface area contributed by atoms with Gasteiger partial charge in [0, 0.05) is 17.9 Å². The molecule has 0 radical (unpaired) electrons. The van der Waals surface area contributed by atoms with Crippen LogP contribution >= 0.6 is 11.8 Å². The summed E-state index contributed by atoms with van der Waals surface area (Å²) in [6.45, 7) is 3.00. The van der Waals surface area contributed by atoms with Crippen LogP contribution in [0, 0.1) is 0 Å². The lowest BCUT2D eigenvalue weighted by Crippen LogP contribution is -2.12. The molecule has 98 valence electrons. The predicted molar refractivity (Wildman–Crippen MR) is 74.3 cm³/mol. The highest BCUT2D eigenvalue weighted by Gasteiger charge is 2.27. The summed E-state index contributed by atoms with van der Waals surface area (Å²) in [4.78, 5) is 16.8. The largest absolute Gasteiger partial charge is 0.461 e. The van der Waals surface area contributed by atoms with Crippen LogP contribution in [-0.2, 0) is 11.3 Å². The average Bonchev–Trinajstić information content (AvgIpc) is 2.99. The van der Waals surface area contributed by atoms with Crippen molar-refractivity contribution in [3.63, 3.8) is 0 Å². The summed E-state index contributed by atoms with van der Waals surface area (Å²) < 4.78 is 7.13. The van der Waals surface area contributed by atoms with E-state index in [2.05, 4.69) is 4.98 Å². The van der Waals surface area contributed by atoms with E-state index in [9.17, 15) is 4.79 Å². The van der Waals surface area contributed by atoms with Gasteiger partial charge in [0.25, 0.3) is 0 Å². The first-order valence-corrected chi connectivity index (χ1v) is 7.25. The number of hydrogen-bond acceptors (Lipinski definition) is 4. The number of aromatic nitrogens is 2. The fraction of sp³-hybridized carbons (Fsp3) is 0.286. The first kappa shape index (κ1) is 12.3. The van der Waals surface area contributed by atoms with Crippen molar-refractivity contribution in [1.29, 1.82) is 0 Å². The highest BCUT2D eigenvalue weighted by molar-refractivity contribution is 7.99. The molecule has 19 heavy (non-hydrogen) atoms. The zero-order valence-corrected chi connectivity index (χ0v) is 11.4. The maximum atomic E-state index is 12.2. The Morgan fingerprint density at radius 3 is 2.95 bits per heavy atom. The standard InChI is InChI=1S/C14H14N2O2S/c1-2-18-13(17)12-11(10-6-4-3-5-7-10)15-14-16(12)8-9-19-14/h3-7H,2,8-9H2,1H3. The Labute approximate surface area is 115 Å². The van der Waals surface area contributed by atoms with E-state index in [0.29, 0.717) is 12.3 Å². The van der Waals surface area contributed by atoms with Crippen molar-refractivity contribution >= 4 is 17.7 Å². The van der Waals surface area contributed by atoms with Crippen LogP contribution in [0.15, 0.2) is 35.5 Å². The Hall–Kier alpha value is -1.75. The van der Waals surface area contributed by atoms with Crippen LogP contribution in [-0.4, -0.2) is 27.9 Å². The van der Waals surface area contributed by atoms with Crippen molar-refractivity contribution in [2.75, 3.05) is 12.4 Å². The van der Waals surface area contributed by atoms with Crippen molar-refractivity contribution in [3.8, 4) is 11.3 Å². The van der Waals surface area contributed by atoms with Crippen LogP contribution in [0.1, 0.15) is 17.4 Å². The number of carbonyl (C=O) groups excluding carboxylic acids is 1. The Morgan fingerprint density at radius 1 is 1.42 bits per heavy atom. The number of rotatable bonds is 3. The zero-order valence-electron chi connectivity index (χ0n) is 10.6. The van der Waals surface area contributed by atoms with E-state index in [4.69, 9.17) is 4.74 Å². The summed E-state index contributed by atoms with van der Waals surface area (Å²) in [7, 11) is 0. The Kier molecular flexibility index (Phi) is 3.29. The molecule has 4 nitrogen and oxygen atoms in total. The van der Waals surface area contributed by atoms with Gasteiger partial charge in [-0.1, -0.05) is 42.1 Å². The molecule has 0 bridgehead atoms. The van der Waals surface area contributed by atoms with Gasteiger partial charge in [0.1, 0.15) is 5.69 Å². The normalized spacial score (nSPS) is 13.3. The molecule has 1 aromatic carbocycles. The van der Waals surface area contributed by atoms with E-state index in [-0.39, 0.29) is 5.97 Å². The van der Waals surface area contributed by atoms with E-state index in [1.54, 1.807) is 11.8 Å². The molecule has 2 aromatic rings. The van der Waals surface area contributed by atoms with Gasteiger partial charge >= 0.3 is 5.97 Å². The highest BCUT2D eigenvalue weighted by atomic mass is 32.2. The fourth-order valence-corrected chi connectivity index (χ4v) is 3.13. The molecule has 0 spiro atoms. The first-order valence-electron chi connectivity index (χ1n) is 6.27. The number of benzene rings is 1. The number of carbonyl (C=O) groups is 1. The molecule has 0 saturated heterocycles. The lowest BCUT2D eigenvalue weighted by atomic mass is 10.1. The number of esters is 1. The van der Waals surface area contributed by atoms with Crippen LogP contribution in [0.25, 0.3) is 11.3 Å². The third-order valence-corrected chi connectivity index (χ3v) is 3.95. The lowest BCUT2D eigenvalue weighted by molar-refractivity contribution is 0.0514. The van der Waals surface area contributed by atoms with Gasteiger partial charge in [-0.3, -0.25) is 0 Å². The molecule has 1 aliphatic rings. The molecule has 3 rings (SSSR count). The molecule has 0 fully saturated rings. The fourth-order valence-electron chi connectivity index (χ4n) is 2.18. The van der Waals surface area contributed by atoms with Gasteiger partial charge in [-0.15, -0.1) is 0 Å². The van der Waals surface area contributed by atoms with Crippen LogP contribution in [0.3, 0.4) is 0 Å². The third kappa shape index (κ3) is 2.14. The van der Waals surface area contributed by atoms with Crippen LogP contribution < -0.4 is 0 Å². The van der Waals surface area contributed by atoms with Gasteiger partial charge in [-0.25, -0.2) is 9.78 Å². The zero-order chi connectivity index (χ0) is 13.2. The summed E-state index contributed by atoms with van der Waals surface area (Å²) >= 11 is 1.68. The number of thioether (sulfide) groups is 1. The molecule has 0 saturated carbocycles. The molecular weight excluding hydrogens is 260 g/mol. The van der Waals surface area contributed by atoms with Crippen LogP contribution in [0.5, 0.6) is 0 Å².